The molecule has 11 amide bonds. The summed E-state index contributed by atoms with van der Waals surface area (Å²) in [5, 5.41) is 21.6. The smallest absolute Gasteiger partial charge is 0.326 e. The van der Waals surface area contributed by atoms with Gasteiger partial charge < -0.3 is 71.0 Å². The average Bonchev–Trinajstić information content (AvgIpc) is 3.72. The fraction of sp³-hybridized carbons (Fsp3) is 0.538. The molecule has 25 heteroatoms. The minimum Gasteiger partial charge on any atom is -0.480 e. The number of hydrogen-bond acceptors (Lipinski definition) is 13. The Morgan fingerprint density at radius 3 is 1.39 bits per heavy atom. The van der Waals surface area contributed by atoms with Gasteiger partial charge in [0.15, 0.2) is 0 Å². The van der Waals surface area contributed by atoms with E-state index in [2.05, 4.69) is 26.6 Å². The third-order valence-electron chi connectivity index (χ3n) is 10.0. The first-order valence-electron chi connectivity index (χ1n) is 20.4. The molecule has 1 aliphatic rings. The maximum absolute atomic E-state index is 14.4. The molecule has 7 atom stereocenters. The molecule has 2 rings (SSSR count). The van der Waals surface area contributed by atoms with Gasteiger partial charge in [0.2, 0.25) is 65.0 Å². The van der Waals surface area contributed by atoms with Crippen molar-refractivity contribution in [3.8, 4) is 0 Å². The Kier molecular flexibility index (Phi) is 21.8. The van der Waals surface area contributed by atoms with Crippen LogP contribution in [0.3, 0.4) is 0 Å². The van der Waals surface area contributed by atoms with Gasteiger partial charge in [-0.25, -0.2) is 4.79 Å². The van der Waals surface area contributed by atoms with E-state index in [1.54, 1.807) is 30.3 Å². The fourth-order valence-corrected chi connectivity index (χ4v) is 6.56. The third kappa shape index (κ3) is 18.8. The summed E-state index contributed by atoms with van der Waals surface area (Å²) in [4.78, 5) is 153. The minimum atomic E-state index is -1.63. The first-order chi connectivity index (χ1) is 30.1. The number of carboxylic acid groups (broad SMARTS) is 1. The zero-order valence-corrected chi connectivity index (χ0v) is 35.1. The lowest BCUT2D eigenvalue weighted by atomic mass is 10.0. The zero-order valence-electron chi connectivity index (χ0n) is 35.1. The molecule has 25 nitrogen and oxygen atoms in total. The van der Waals surface area contributed by atoms with E-state index in [-0.39, 0.29) is 51.5 Å². The van der Waals surface area contributed by atoms with E-state index in [0.717, 1.165) is 0 Å². The van der Waals surface area contributed by atoms with E-state index < -0.39 is 152 Å². The zero-order chi connectivity index (χ0) is 48.1. The maximum atomic E-state index is 14.4. The Bertz CT molecular complexity index is 1900. The molecule has 352 valence electrons. The van der Waals surface area contributed by atoms with E-state index in [1.165, 1.54) is 4.90 Å². The van der Waals surface area contributed by atoms with Gasteiger partial charge in [0, 0.05) is 45.1 Å². The van der Waals surface area contributed by atoms with Crippen molar-refractivity contribution in [1.82, 2.24) is 31.5 Å². The molecule has 1 saturated heterocycles. The summed E-state index contributed by atoms with van der Waals surface area (Å²) in [5.74, 6) is -11.2. The van der Waals surface area contributed by atoms with Crippen molar-refractivity contribution in [2.75, 3.05) is 6.54 Å². The lowest BCUT2D eigenvalue weighted by molar-refractivity contribution is -0.143. The number of amides is 11. The number of aliphatic carboxylic acids is 1. The molecule has 64 heavy (non-hydrogen) atoms. The lowest BCUT2D eigenvalue weighted by Gasteiger charge is -2.31. The second kappa shape index (κ2) is 26.3. The maximum Gasteiger partial charge on any atom is 0.326 e. The van der Waals surface area contributed by atoms with Crippen molar-refractivity contribution in [2.45, 2.75) is 126 Å². The van der Waals surface area contributed by atoms with E-state index in [9.17, 15) is 62.6 Å². The molecule has 0 spiro atoms. The molecular weight excluding hydrogens is 844 g/mol. The van der Waals surface area contributed by atoms with E-state index in [0.29, 0.717) is 5.56 Å². The largest absolute Gasteiger partial charge is 0.480 e. The van der Waals surface area contributed by atoms with Gasteiger partial charge >= 0.3 is 5.97 Å². The highest BCUT2D eigenvalue weighted by atomic mass is 16.4. The number of nitrogens with two attached hydrogens (primary N) is 6. The Labute approximate surface area is 367 Å². The summed E-state index contributed by atoms with van der Waals surface area (Å²) < 4.78 is 0. The molecule has 1 heterocycles. The Balaban J connectivity index is 2.40. The number of hydrogen-bond donors (Lipinski definition) is 12. The van der Waals surface area contributed by atoms with Gasteiger partial charge in [-0.3, -0.25) is 52.7 Å². The number of primary amides is 5. The molecule has 1 fully saturated rings. The Morgan fingerprint density at radius 1 is 0.547 bits per heavy atom. The van der Waals surface area contributed by atoms with Gasteiger partial charge in [-0.05, 0) is 50.5 Å². The fourth-order valence-electron chi connectivity index (χ4n) is 6.56. The van der Waals surface area contributed by atoms with Crippen molar-refractivity contribution in [1.29, 1.82) is 0 Å². The molecule has 18 N–H and O–H groups in total. The van der Waals surface area contributed by atoms with Gasteiger partial charge in [-0.2, -0.15) is 0 Å². The quantitative estimate of drug-likeness (QED) is 0.0357. The number of benzene rings is 1. The van der Waals surface area contributed by atoms with Crippen LogP contribution in [0.4, 0.5) is 0 Å². The second-order valence-corrected chi connectivity index (χ2v) is 15.2. The first-order valence-corrected chi connectivity index (χ1v) is 20.4. The van der Waals surface area contributed by atoms with Gasteiger partial charge in [-0.15, -0.1) is 0 Å². The van der Waals surface area contributed by atoms with Crippen molar-refractivity contribution >= 4 is 70.9 Å². The Morgan fingerprint density at radius 2 is 0.938 bits per heavy atom. The Hall–Kier alpha value is -7.18. The van der Waals surface area contributed by atoms with Crippen LogP contribution in [0.25, 0.3) is 0 Å². The molecule has 0 radical (unpaired) electrons. The van der Waals surface area contributed by atoms with E-state index >= 15 is 0 Å². The SMILES string of the molecule is NC(=O)CC[C@H](NC(=O)[C@H](CCC(N)=O)NC(=O)[C@H](CCC(N)=O)NC(=O)[C@@H]1CCCN1C(=O)[C@H](Cc1ccccc1)NC(=O)[C@H](CCC(N)=O)NC(=O)[C@@H](N)CCC(N)=O)C(=O)O. The normalized spacial score (nSPS) is 16.0. The van der Waals surface area contributed by atoms with E-state index in [1.807, 2.05) is 0 Å². The van der Waals surface area contributed by atoms with Gasteiger partial charge in [-0.1, -0.05) is 30.3 Å². The summed E-state index contributed by atoms with van der Waals surface area (Å²) in [5.41, 5.74) is 32.6. The summed E-state index contributed by atoms with van der Waals surface area (Å²) in [6.07, 6.45) is -3.38. The van der Waals surface area contributed by atoms with Crippen LogP contribution in [-0.2, 0) is 64.0 Å². The van der Waals surface area contributed by atoms with Crippen molar-refractivity contribution in [3.63, 3.8) is 0 Å². The predicted molar refractivity (Wildman–Crippen MR) is 222 cm³/mol. The van der Waals surface area contributed by atoms with Gasteiger partial charge in [0.25, 0.3) is 0 Å². The summed E-state index contributed by atoms with van der Waals surface area (Å²) >= 11 is 0. The molecule has 0 unspecified atom stereocenters. The first kappa shape index (κ1) is 53.0. The number of carbonyl (C=O) groups excluding carboxylic acids is 11. The molecule has 1 aromatic rings. The predicted octanol–water partition coefficient (Wildman–Crippen LogP) is -5.62. The highest BCUT2D eigenvalue weighted by molar-refractivity contribution is 5.98. The van der Waals surface area contributed by atoms with Crippen LogP contribution in [0.2, 0.25) is 0 Å². The topological polar surface area (TPSA) is 445 Å². The van der Waals surface area contributed by atoms with Crippen molar-refractivity contribution in [2.24, 2.45) is 34.4 Å². The highest BCUT2D eigenvalue weighted by Gasteiger charge is 2.40. The van der Waals surface area contributed by atoms with Gasteiger partial charge in [0.1, 0.15) is 36.3 Å². The average molecular weight is 903 g/mol. The van der Waals surface area contributed by atoms with Crippen LogP contribution in [0.15, 0.2) is 30.3 Å². The monoisotopic (exact) mass is 902 g/mol. The number of rotatable bonds is 29. The number of carbonyl (C=O) groups is 12. The lowest BCUT2D eigenvalue weighted by Crippen LogP contribution is -2.60. The summed E-state index contributed by atoms with van der Waals surface area (Å²) in [6.45, 7) is 0.00262. The second-order valence-electron chi connectivity index (χ2n) is 15.2. The molecule has 1 aromatic carbocycles. The summed E-state index contributed by atoms with van der Waals surface area (Å²) in [6, 6.07) is -1.74. The molecule has 0 bridgehead atoms. The molecule has 0 aliphatic carbocycles. The number of nitrogens with zero attached hydrogens (tertiary/aromatic N) is 1. The van der Waals surface area contributed by atoms with Crippen molar-refractivity contribution in [3.05, 3.63) is 35.9 Å². The number of nitrogens with one attached hydrogen (secondary N) is 5. The molecule has 1 aliphatic heterocycles. The molecular formula is C39H58N12O13. The minimum absolute atomic E-state index is 0.00262. The van der Waals surface area contributed by atoms with Crippen LogP contribution in [0.5, 0.6) is 0 Å². The number of likely N-dealkylation sites (tertiary alicyclic amines) is 1. The van der Waals surface area contributed by atoms with E-state index in [4.69, 9.17) is 34.4 Å². The highest BCUT2D eigenvalue weighted by Crippen LogP contribution is 2.21. The third-order valence-corrected chi connectivity index (χ3v) is 10.0. The van der Waals surface area contributed by atoms with Crippen LogP contribution in [0.1, 0.15) is 82.6 Å². The standard InChI is InChI=1S/C39H58N12O13/c40-21(8-13-28(41)52)33(57)46-22(9-14-29(42)53)36(60)50-26(19-20-5-2-1-3-6-20)38(62)51-18-4-7-27(51)37(61)48-24(11-16-31(44)55)34(58)47-23(10-15-30(43)54)35(59)49-25(39(63)64)12-17-32(45)56/h1-3,5-6,21-27H,4,7-19,40H2,(H2,41,52)(H2,42,53)(H2,43,54)(H2,44,55)(H2,45,56)(H,46,57)(H,47,58)(H,48,61)(H,49,59)(H,50,60)(H,63,64)/t21-,22-,23-,24-,25-,26-,27-/m0/s1. The molecule has 0 saturated carbocycles. The van der Waals surface area contributed by atoms with Crippen LogP contribution in [-0.4, -0.2) is 130 Å². The summed E-state index contributed by atoms with van der Waals surface area (Å²) in [7, 11) is 0. The van der Waals surface area contributed by atoms with Gasteiger partial charge in [0.05, 0.1) is 6.04 Å². The molecule has 0 aromatic heterocycles. The van der Waals surface area contributed by atoms with Crippen molar-refractivity contribution < 1.29 is 62.6 Å². The van der Waals surface area contributed by atoms with Crippen LogP contribution in [0, 0.1) is 0 Å². The number of carboxylic acids is 1. The van der Waals surface area contributed by atoms with Crippen LogP contribution < -0.4 is 61.0 Å². The van der Waals surface area contributed by atoms with Crippen LogP contribution >= 0.6 is 0 Å².